The van der Waals surface area contributed by atoms with Crippen LogP contribution in [-0.4, -0.2) is 38.6 Å². The Hall–Kier alpha value is -3.18. The molecule has 0 saturated heterocycles. The monoisotopic (exact) mass is 417 g/mol. The van der Waals surface area contributed by atoms with E-state index in [1.54, 1.807) is 24.3 Å². The molecule has 1 heterocycles. The van der Waals surface area contributed by atoms with Crippen LogP contribution in [-0.2, 0) is 0 Å². The minimum atomic E-state index is -0.272. The summed E-state index contributed by atoms with van der Waals surface area (Å²) in [7, 11) is 4.18. The molecular formula is C26H28FN3O. The van der Waals surface area contributed by atoms with Crippen molar-refractivity contribution >= 4 is 16.7 Å². The van der Waals surface area contributed by atoms with E-state index in [1.165, 1.54) is 6.07 Å². The maximum Gasteiger partial charge on any atom is 0.137 e. The van der Waals surface area contributed by atoms with Crippen molar-refractivity contribution in [1.82, 2.24) is 4.90 Å². The highest BCUT2D eigenvalue weighted by Gasteiger charge is 2.18. The summed E-state index contributed by atoms with van der Waals surface area (Å²) in [6, 6.07) is 18.2. The Morgan fingerprint density at radius 2 is 1.81 bits per heavy atom. The number of rotatable bonds is 7. The normalized spacial score (nSPS) is 11.5. The van der Waals surface area contributed by atoms with Gasteiger partial charge in [0.1, 0.15) is 17.2 Å². The third-order valence-corrected chi connectivity index (χ3v) is 5.60. The zero-order chi connectivity index (χ0) is 22.0. The minimum absolute atomic E-state index is 0.272. The first-order valence-corrected chi connectivity index (χ1v) is 10.7. The van der Waals surface area contributed by atoms with Crippen LogP contribution in [0.15, 0.2) is 65.1 Å². The molecular weight excluding hydrogens is 389 g/mol. The van der Waals surface area contributed by atoms with Crippen molar-refractivity contribution < 1.29 is 8.81 Å². The summed E-state index contributed by atoms with van der Waals surface area (Å²) in [5, 5.41) is 9.33. The number of halogens is 1. The number of benzene rings is 3. The topological polar surface area (TPSA) is 43.5 Å². The van der Waals surface area contributed by atoms with Gasteiger partial charge in [0.2, 0.25) is 0 Å². The Kier molecular flexibility index (Phi) is 6.05. The van der Waals surface area contributed by atoms with Crippen molar-refractivity contribution in [2.45, 2.75) is 13.3 Å². The molecule has 0 unspecified atom stereocenters. The maximum absolute atomic E-state index is 14.0. The molecule has 1 aliphatic heterocycles. The number of nitrogens with zero attached hydrogens (tertiary/aromatic N) is 2. The molecule has 4 nitrogen and oxygen atoms in total. The van der Waals surface area contributed by atoms with E-state index in [0.29, 0.717) is 11.1 Å². The van der Waals surface area contributed by atoms with Crippen LogP contribution in [0.4, 0.5) is 10.1 Å². The van der Waals surface area contributed by atoms with Crippen molar-refractivity contribution in [2.24, 2.45) is 0 Å². The van der Waals surface area contributed by atoms with Crippen LogP contribution in [0.1, 0.15) is 13.3 Å². The van der Waals surface area contributed by atoms with Crippen molar-refractivity contribution in [3.05, 3.63) is 71.8 Å². The molecule has 1 aliphatic carbocycles. The molecule has 1 N–H and O–H groups in total. The Balaban J connectivity index is 1.87. The highest BCUT2D eigenvalue weighted by molar-refractivity contribution is 6.02. The molecule has 0 radical (unpaired) electrons. The van der Waals surface area contributed by atoms with Crippen LogP contribution in [0.25, 0.3) is 33.4 Å². The maximum atomic E-state index is 14.0. The number of hydrogen-bond donors (Lipinski definition) is 1. The van der Waals surface area contributed by atoms with Gasteiger partial charge in [0, 0.05) is 47.4 Å². The first kappa shape index (κ1) is 21.1. The Labute approximate surface area is 182 Å². The van der Waals surface area contributed by atoms with E-state index in [1.807, 2.05) is 12.1 Å². The number of hydrogen-bond acceptors (Lipinski definition) is 4. The van der Waals surface area contributed by atoms with E-state index in [9.17, 15) is 4.39 Å². The van der Waals surface area contributed by atoms with Gasteiger partial charge in [-0.15, -0.1) is 0 Å². The second-order valence-electron chi connectivity index (χ2n) is 8.12. The standard InChI is InChI=1S/C26H28FN3O/c1-4-30(14-6-13-29(2)3)21-10-12-23-25(17-21)31-24-16-20(28)9-11-22(24)26(23)18-7-5-8-19(27)15-18/h5,7-12,15-17,28H,4,6,13-14H2,1-3H3. The highest BCUT2D eigenvalue weighted by atomic mass is 19.1. The Morgan fingerprint density at radius 1 is 0.968 bits per heavy atom. The Morgan fingerprint density at radius 3 is 2.55 bits per heavy atom. The van der Waals surface area contributed by atoms with Crippen LogP contribution >= 0.6 is 0 Å². The van der Waals surface area contributed by atoms with Gasteiger partial charge < -0.3 is 19.6 Å². The van der Waals surface area contributed by atoms with E-state index in [2.05, 4.69) is 49.0 Å². The molecule has 31 heavy (non-hydrogen) atoms. The van der Waals surface area contributed by atoms with Gasteiger partial charge >= 0.3 is 0 Å². The second kappa shape index (κ2) is 8.90. The average Bonchev–Trinajstić information content (AvgIpc) is 2.74. The van der Waals surface area contributed by atoms with Gasteiger partial charge in [-0.2, -0.15) is 0 Å². The third-order valence-electron chi connectivity index (χ3n) is 5.60. The van der Waals surface area contributed by atoms with E-state index in [4.69, 9.17) is 9.83 Å². The summed E-state index contributed by atoms with van der Waals surface area (Å²) in [4.78, 5) is 4.53. The van der Waals surface area contributed by atoms with E-state index >= 15 is 0 Å². The summed E-state index contributed by atoms with van der Waals surface area (Å²) < 4.78 is 20.3. The van der Waals surface area contributed by atoms with Crippen LogP contribution in [0.2, 0.25) is 0 Å². The van der Waals surface area contributed by atoms with Crippen LogP contribution in [0, 0.1) is 11.2 Å². The van der Waals surface area contributed by atoms with Gasteiger partial charge in [0.25, 0.3) is 0 Å². The molecule has 0 saturated carbocycles. The molecule has 4 rings (SSSR count). The van der Waals surface area contributed by atoms with Gasteiger partial charge in [-0.05, 0) is 75.9 Å². The van der Waals surface area contributed by atoms with Crippen LogP contribution in [0.3, 0.4) is 0 Å². The smallest absolute Gasteiger partial charge is 0.137 e. The first-order valence-electron chi connectivity index (χ1n) is 10.7. The summed E-state index contributed by atoms with van der Waals surface area (Å²) in [6.45, 7) is 5.05. The zero-order valence-electron chi connectivity index (χ0n) is 18.3. The lowest BCUT2D eigenvalue weighted by Gasteiger charge is -2.25. The zero-order valence-corrected chi connectivity index (χ0v) is 18.3. The van der Waals surface area contributed by atoms with E-state index in [0.717, 1.165) is 59.4 Å². The predicted molar refractivity (Wildman–Crippen MR) is 125 cm³/mol. The SMILES string of the molecule is CCN(CCCN(C)C)c1ccc2c(-c3cccc(F)c3)c3ccc(=N)cc-3oc2c1. The molecule has 2 aliphatic rings. The lowest BCUT2D eigenvalue weighted by molar-refractivity contribution is 0.400. The molecule has 0 bridgehead atoms. The van der Waals surface area contributed by atoms with E-state index < -0.39 is 0 Å². The fourth-order valence-corrected chi connectivity index (χ4v) is 4.08. The lowest BCUT2D eigenvalue weighted by Crippen LogP contribution is -2.26. The van der Waals surface area contributed by atoms with Crippen LogP contribution < -0.4 is 10.3 Å². The minimum Gasteiger partial charge on any atom is -0.456 e. The van der Waals surface area contributed by atoms with Crippen molar-refractivity contribution in [2.75, 3.05) is 38.6 Å². The molecule has 2 aromatic rings. The molecule has 0 atom stereocenters. The largest absolute Gasteiger partial charge is 0.456 e. The van der Waals surface area contributed by atoms with Gasteiger partial charge in [-0.25, -0.2) is 4.39 Å². The number of anilines is 1. The van der Waals surface area contributed by atoms with Gasteiger partial charge in [0.05, 0.1) is 5.36 Å². The summed E-state index contributed by atoms with van der Waals surface area (Å²) >= 11 is 0. The second-order valence-corrected chi connectivity index (χ2v) is 8.12. The van der Waals surface area contributed by atoms with Gasteiger partial charge in [-0.1, -0.05) is 12.1 Å². The summed E-state index contributed by atoms with van der Waals surface area (Å²) in [5.41, 5.74) is 4.44. The van der Waals surface area contributed by atoms with Crippen LogP contribution in [0.5, 0.6) is 0 Å². The molecule has 2 aromatic carbocycles. The molecule has 160 valence electrons. The quantitative estimate of drug-likeness (QED) is 0.398. The lowest BCUT2D eigenvalue weighted by atomic mass is 9.93. The average molecular weight is 418 g/mol. The van der Waals surface area contributed by atoms with Crippen molar-refractivity contribution in [3.63, 3.8) is 0 Å². The fourth-order valence-electron chi connectivity index (χ4n) is 4.08. The summed E-state index contributed by atoms with van der Waals surface area (Å²) in [5.74, 6) is 0.360. The van der Waals surface area contributed by atoms with Crippen molar-refractivity contribution in [1.29, 1.82) is 5.41 Å². The summed E-state index contributed by atoms with van der Waals surface area (Å²) in [6.07, 6.45) is 1.07. The molecule has 5 heteroatoms. The highest BCUT2D eigenvalue weighted by Crippen LogP contribution is 2.40. The van der Waals surface area contributed by atoms with E-state index in [-0.39, 0.29) is 5.82 Å². The molecule has 0 aromatic heterocycles. The van der Waals surface area contributed by atoms with Crippen molar-refractivity contribution in [3.8, 4) is 22.5 Å². The number of nitrogens with one attached hydrogen (secondary N) is 1. The number of fused-ring (bicyclic) bond motifs is 2. The molecule has 0 amide bonds. The molecule has 0 fully saturated rings. The predicted octanol–water partition coefficient (Wildman–Crippen LogP) is 5.60. The van der Waals surface area contributed by atoms with Gasteiger partial charge in [0.15, 0.2) is 0 Å². The third kappa shape index (κ3) is 4.47. The molecule has 0 spiro atoms. The first-order chi connectivity index (χ1) is 15.0. The Bertz CT molecular complexity index is 1230. The fraction of sp³-hybridized carbons (Fsp3) is 0.269. The van der Waals surface area contributed by atoms with Gasteiger partial charge in [-0.3, -0.25) is 0 Å².